The molecular formula is C13H22N2O. The molecule has 1 aromatic rings. The van der Waals surface area contributed by atoms with Gasteiger partial charge in [-0.25, -0.2) is 0 Å². The molecule has 1 atom stereocenters. The van der Waals surface area contributed by atoms with Gasteiger partial charge in [-0.05, 0) is 24.1 Å². The van der Waals surface area contributed by atoms with E-state index in [0.717, 1.165) is 30.1 Å². The minimum Gasteiger partial charge on any atom is -0.497 e. The molecule has 0 saturated carbocycles. The Morgan fingerprint density at radius 2 is 2.19 bits per heavy atom. The SMILES string of the molecule is CCC(C)CNCc1ccc(OC)cc1N. The molecule has 3 nitrogen and oxygen atoms in total. The van der Waals surface area contributed by atoms with E-state index in [2.05, 4.69) is 19.2 Å². The Morgan fingerprint density at radius 1 is 1.44 bits per heavy atom. The van der Waals surface area contributed by atoms with Crippen LogP contribution in [0.2, 0.25) is 0 Å². The summed E-state index contributed by atoms with van der Waals surface area (Å²) in [4.78, 5) is 0. The van der Waals surface area contributed by atoms with Gasteiger partial charge < -0.3 is 15.8 Å². The molecular weight excluding hydrogens is 200 g/mol. The highest BCUT2D eigenvalue weighted by molar-refractivity contribution is 5.51. The van der Waals surface area contributed by atoms with Crippen LogP contribution in [-0.2, 0) is 6.54 Å². The fourth-order valence-corrected chi connectivity index (χ4v) is 1.46. The summed E-state index contributed by atoms with van der Waals surface area (Å²) in [6.45, 7) is 6.29. The lowest BCUT2D eigenvalue weighted by Gasteiger charge is -2.12. The molecule has 16 heavy (non-hydrogen) atoms. The largest absolute Gasteiger partial charge is 0.497 e. The van der Waals surface area contributed by atoms with Crippen LogP contribution in [0.25, 0.3) is 0 Å². The molecule has 0 amide bonds. The summed E-state index contributed by atoms with van der Waals surface area (Å²) in [6, 6.07) is 5.81. The first-order valence-electron chi connectivity index (χ1n) is 5.80. The van der Waals surface area contributed by atoms with E-state index in [1.807, 2.05) is 18.2 Å². The predicted molar refractivity (Wildman–Crippen MR) is 68.6 cm³/mol. The van der Waals surface area contributed by atoms with Gasteiger partial charge in [0.05, 0.1) is 7.11 Å². The van der Waals surface area contributed by atoms with E-state index in [-0.39, 0.29) is 0 Å². The van der Waals surface area contributed by atoms with Crippen molar-refractivity contribution in [3.05, 3.63) is 23.8 Å². The number of nitrogens with one attached hydrogen (secondary N) is 1. The van der Waals surface area contributed by atoms with E-state index in [1.54, 1.807) is 7.11 Å². The second-order valence-electron chi connectivity index (χ2n) is 4.21. The first-order chi connectivity index (χ1) is 7.67. The smallest absolute Gasteiger partial charge is 0.120 e. The summed E-state index contributed by atoms with van der Waals surface area (Å²) in [6.07, 6.45) is 1.20. The summed E-state index contributed by atoms with van der Waals surface area (Å²) < 4.78 is 5.11. The van der Waals surface area contributed by atoms with Crippen molar-refractivity contribution in [2.75, 3.05) is 19.4 Å². The number of rotatable bonds is 6. The summed E-state index contributed by atoms with van der Waals surface area (Å²) in [5.74, 6) is 1.52. The van der Waals surface area contributed by atoms with Gasteiger partial charge in [0.25, 0.3) is 0 Å². The molecule has 0 aromatic heterocycles. The Bertz CT molecular complexity index is 326. The van der Waals surface area contributed by atoms with E-state index < -0.39 is 0 Å². The summed E-state index contributed by atoms with van der Waals surface area (Å²) in [5, 5.41) is 3.41. The highest BCUT2D eigenvalue weighted by Gasteiger charge is 2.02. The molecule has 90 valence electrons. The highest BCUT2D eigenvalue weighted by atomic mass is 16.5. The van der Waals surface area contributed by atoms with Crippen LogP contribution in [0.15, 0.2) is 18.2 Å². The van der Waals surface area contributed by atoms with Crippen LogP contribution >= 0.6 is 0 Å². The molecule has 0 spiro atoms. The number of hydrogen-bond donors (Lipinski definition) is 2. The summed E-state index contributed by atoms with van der Waals surface area (Å²) in [7, 11) is 1.65. The van der Waals surface area contributed by atoms with Crippen LogP contribution < -0.4 is 15.8 Å². The number of anilines is 1. The van der Waals surface area contributed by atoms with Gasteiger partial charge in [0.2, 0.25) is 0 Å². The van der Waals surface area contributed by atoms with Gasteiger partial charge in [-0.2, -0.15) is 0 Å². The molecule has 0 aliphatic rings. The quantitative estimate of drug-likeness (QED) is 0.727. The monoisotopic (exact) mass is 222 g/mol. The molecule has 1 aromatic carbocycles. The number of methoxy groups -OCH3 is 1. The molecule has 0 aliphatic heterocycles. The number of benzene rings is 1. The Hall–Kier alpha value is -1.22. The van der Waals surface area contributed by atoms with Gasteiger partial charge in [-0.1, -0.05) is 26.3 Å². The van der Waals surface area contributed by atoms with Gasteiger partial charge in [-0.15, -0.1) is 0 Å². The van der Waals surface area contributed by atoms with Gasteiger partial charge in [0, 0.05) is 18.3 Å². The number of nitrogen functional groups attached to an aromatic ring is 1. The van der Waals surface area contributed by atoms with Crippen molar-refractivity contribution in [1.82, 2.24) is 5.32 Å². The van der Waals surface area contributed by atoms with Crippen molar-refractivity contribution < 1.29 is 4.74 Å². The maximum absolute atomic E-state index is 5.93. The predicted octanol–water partition coefficient (Wildman–Crippen LogP) is 2.41. The molecule has 1 rings (SSSR count). The normalized spacial score (nSPS) is 12.4. The molecule has 0 radical (unpaired) electrons. The van der Waals surface area contributed by atoms with Crippen LogP contribution in [0.5, 0.6) is 5.75 Å². The Labute approximate surface area is 98.0 Å². The van der Waals surface area contributed by atoms with Crippen LogP contribution in [0.1, 0.15) is 25.8 Å². The summed E-state index contributed by atoms with van der Waals surface area (Å²) in [5.41, 5.74) is 7.84. The van der Waals surface area contributed by atoms with Crippen LogP contribution in [0.3, 0.4) is 0 Å². The molecule has 3 N–H and O–H groups in total. The fraction of sp³-hybridized carbons (Fsp3) is 0.538. The molecule has 0 saturated heterocycles. The third-order valence-electron chi connectivity index (χ3n) is 2.86. The zero-order chi connectivity index (χ0) is 12.0. The van der Waals surface area contributed by atoms with Gasteiger partial charge in [-0.3, -0.25) is 0 Å². The van der Waals surface area contributed by atoms with Crippen molar-refractivity contribution in [3.8, 4) is 5.75 Å². The van der Waals surface area contributed by atoms with E-state index in [4.69, 9.17) is 10.5 Å². The van der Waals surface area contributed by atoms with Gasteiger partial charge in [0.15, 0.2) is 0 Å². The number of hydrogen-bond acceptors (Lipinski definition) is 3. The van der Waals surface area contributed by atoms with Crippen LogP contribution in [0.4, 0.5) is 5.69 Å². The molecule has 0 aliphatic carbocycles. The third-order valence-corrected chi connectivity index (χ3v) is 2.86. The zero-order valence-corrected chi connectivity index (χ0v) is 10.4. The van der Waals surface area contributed by atoms with Gasteiger partial charge in [0.1, 0.15) is 5.75 Å². The summed E-state index contributed by atoms with van der Waals surface area (Å²) >= 11 is 0. The first-order valence-corrected chi connectivity index (χ1v) is 5.80. The second-order valence-corrected chi connectivity index (χ2v) is 4.21. The fourth-order valence-electron chi connectivity index (χ4n) is 1.46. The molecule has 3 heteroatoms. The zero-order valence-electron chi connectivity index (χ0n) is 10.4. The van der Waals surface area contributed by atoms with Crippen LogP contribution in [-0.4, -0.2) is 13.7 Å². The first kappa shape index (κ1) is 12.8. The maximum Gasteiger partial charge on any atom is 0.120 e. The average Bonchev–Trinajstić information content (AvgIpc) is 2.30. The van der Waals surface area contributed by atoms with Crippen molar-refractivity contribution >= 4 is 5.69 Å². The second kappa shape index (κ2) is 6.38. The Morgan fingerprint density at radius 3 is 2.75 bits per heavy atom. The maximum atomic E-state index is 5.93. The lowest BCUT2D eigenvalue weighted by molar-refractivity contribution is 0.415. The van der Waals surface area contributed by atoms with E-state index in [1.165, 1.54) is 6.42 Å². The van der Waals surface area contributed by atoms with Crippen molar-refractivity contribution in [2.24, 2.45) is 5.92 Å². The van der Waals surface area contributed by atoms with Crippen LogP contribution in [0, 0.1) is 5.92 Å². The van der Waals surface area contributed by atoms with E-state index in [9.17, 15) is 0 Å². The molecule has 1 unspecified atom stereocenters. The lowest BCUT2D eigenvalue weighted by atomic mass is 10.1. The van der Waals surface area contributed by atoms with Crippen molar-refractivity contribution in [2.45, 2.75) is 26.8 Å². The minimum atomic E-state index is 0.708. The highest BCUT2D eigenvalue weighted by Crippen LogP contribution is 2.19. The minimum absolute atomic E-state index is 0.708. The average molecular weight is 222 g/mol. The van der Waals surface area contributed by atoms with Gasteiger partial charge >= 0.3 is 0 Å². The van der Waals surface area contributed by atoms with Crippen molar-refractivity contribution in [3.63, 3.8) is 0 Å². The topological polar surface area (TPSA) is 47.3 Å². The Balaban J connectivity index is 2.48. The Kier molecular flexibility index (Phi) is 5.12. The molecule has 0 heterocycles. The van der Waals surface area contributed by atoms with E-state index >= 15 is 0 Å². The van der Waals surface area contributed by atoms with E-state index in [0.29, 0.717) is 5.92 Å². The number of nitrogens with two attached hydrogens (primary N) is 1. The van der Waals surface area contributed by atoms with Crippen molar-refractivity contribution in [1.29, 1.82) is 0 Å². The lowest BCUT2D eigenvalue weighted by Crippen LogP contribution is -2.20. The number of ether oxygens (including phenoxy) is 1. The molecule has 0 fully saturated rings. The molecule has 0 bridgehead atoms. The standard InChI is InChI=1S/C13H22N2O/c1-4-10(2)8-15-9-11-5-6-12(16-3)7-13(11)14/h5-7,10,15H,4,8-9,14H2,1-3H3. The third kappa shape index (κ3) is 3.74.